The Kier molecular flexibility index (Phi) is 3.01. The number of carbonyl (C=O) groups is 1. The van der Waals surface area contributed by atoms with Gasteiger partial charge in [0, 0.05) is 31.5 Å². The summed E-state index contributed by atoms with van der Waals surface area (Å²) < 4.78 is 1.91. The zero-order chi connectivity index (χ0) is 15.1. The molecule has 21 heavy (non-hydrogen) atoms. The molecule has 3 N–H and O–H groups in total. The molecule has 0 saturated heterocycles. The fourth-order valence-corrected chi connectivity index (χ4v) is 2.47. The van der Waals surface area contributed by atoms with Crippen LogP contribution in [0.3, 0.4) is 0 Å². The van der Waals surface area contributed by atoms with Crippen LogP contribution in [0.25, 0.3) is 22.4 Å². The number of nitrogens with one attached hydrogen (secondary N) is 1. The van der Waals surface area contributed by atoms with Crippen molar-refractivity contribution in [3.63, 3.8) is 0 Å². The van der Waals surface area contributed by atoms with Crippen molar-refractivity contribution in [1.82, 2.24) is 19.5 Å². The molecule has 3 rings (SSSR count). The van der Waals surface area contributed by atoms with Gasteiger partial charge in [-0.25, -0.2) is 9.97 Å². The number of fused-ring (bicyclic) bond motifs is 1. The van der Waals surface area contributed by atoms with Gasteiger partial charge in [0.1, 0.15) is 17.2 Å². The van der Waals surface area contributed by atoms with Gasteiger partial charge in [0.25, 0.3) is 0 Å². The summed E-state index contributed by atoms with van der Waals surface area (Å²) in [6.45, 7) is 3.75. The minimum absolute atomic E-state index is 0.0271. The molecule has 3 aromatic heterocycles. The predicted octanol–water partition coefficient (Wildman–Crippen LogP) is 2.45. The molecule has 0 saturated carbocycles. The highest BCUT2D eigenvalue weighted by molar-refractivity contribution is 6.15. The summed E-state index contributed by atoms with van der Waals surface area (Å²) in [7, 11) is 1.92. The second-order valence-electron chi connectivity index (χ2n) is 5.06. The summed E-state index contributed by atoms with van der Waals surface area (Å²) in [5.74, 6) is 0.902. The average Bonchev–Trinajstić information content (AvgIpc) is 3.00. The van der Waals surface area contributed by atoms with E-state index in [2.05, 4.69) is 15.0 Å². The van der Waals surface area contributed by atoms with E-state index in [1.165, 1.54) is 0 Å². The molecule has 0 radical (unpaired) electrons. The minimum Gasteiger partial charge on any atom is -0.398 e. The van der Waals surface area contributed by atoms with Crippen LogP contribution in [0.5, 0.6) is 0 Å². The molecule has 0 amide bonds. The fraction of sp³-hybridized carbons (Fsp3) is 0.267. The summed E-state index contributed by atoms with van der Waals surface area (Å²) in [5.41, 5.74) is 9.19. The van der Waals surface area contributed by atoms with Crippen molar-refractivity contribution in [3.8, 4) is 11.4 Å². The van der Waals surface area contributed by atoms with Gasteiger partial charge in [-0.15, -0.1) is 0 Å². The Balaban J connectivity index is 2.36. The van der Waals surface area contributed by atoms with Crippen LogP contribution in [0, 0.1) is 6.92 Å². The topological polar surface area (TPSA) is 89.6 Å². The summed E-state index contributed by atoms with van der Waals surface area (Å²) in [5, 5.41) is 0.683. The van der Waals surface area contributed by atoms with Crippen molar-refractivity contribution < 1.29 is 4.79 Å². The number of Topliss-reactive ketones (excluding diaryl/α,β-unsaturated/α-hetero) is 1. The largest absolute Gasteiger partial charge is 0.398 e. The lowest BCUT2D eigenvalue weighted by Crippen LogP contribution is -2.00. The molecule has 3 heterocycles. The van der Waals surface area contributed by atoms with Gasteiger partial charge < -0.3 is 15.3 Å². The van der Waals surface area contributed by atoms with Gasteiger partial charge in [0.15, 0.2) is 5.78 Å². The number of pyridine rings is 1. The van der Waals surface area contributed by atoms with Crippen molar-refractivity contribution in [2.24, 2.45) is 7.05 Å². The Bertz CT molecular complexity index is 824. The highest BCUT2D eigenvalue weighted by Gasteiger charge is 2.22. The maximum atomic E-state index is 12.4. The van der Waals surface area contributed by atoms with Crippen LogP contribution in [-0.2, 0) is 7.05 Å². The van der Waals surface area contributed by atoms with Gasteiger partial charge in [-0.05, 0) is 13.0 Å². The molecule has 0 aliphatic rings. The van der Waals surface area contributed by atoms with Crippen LogP contribution < -0.4 is 5.73 Å². The van der Waals surface area contributed by atoms with Crippen LogP contribution in [0.2, 0.25) is 0 Å². The van der Waals surface area contributed by atoms with Gasteiger partial charge in [-0.2, -0.15) is 0 Å². The number of aromatic amines is 1. The van der Waals surface area contributed by atoms with Crippen LogP contribution in [-0.4, -0.2) is 25.3 Å². The van der Waals surface area contributed by atoms with Gasteiger partial charge in [0.2, 0.25) is 0 Å². The van der Waals surface area contributed by atoms with E-state index < -0.39 is 0 Å². The number of carbonyl (C=O) groups excluding carboxylic acids is 1. The first-order valence-corrected chi connectivity index (χ1v) is 6.82. The second kappa shape index (κ2) is 4.73. The van der Waals surface area contributed by atoms with Crippen molar-refractivity contribution in [3.05, 3.63) is 29.8 Å². The molecule has 6 heteroatoms. The van der Waals surface area contributed by atoms with E-state index in [9.17, 15) is 4.79 Å². The van der Waals surface area contributed by atoms with E-state index in [0.29, 0.717) is 34.4 Å². The molecule has 108 valence electrons. The third-order valence-corrected chi connectivity index (χ3v) is 3.69. The first-order valence-electron chi connectivity index (χ1n) is 6.82. The van der Waals surface area contributed by atoms with E-state index in [4.69, 9.17) is 5.73 Å². The number of aromatic nitrogens is 4. The molecular formula is C15H17N5O. The summed E-state index contributed by atoms with van der Waals surface area (Å²) in [4.78, 5) is 24.3. The third-order valence-electron chi connectivity index (χ3n) is 3.69. The Morgan fingerprint density at radius 1 is 1.48 bits per heavy atom. The van der Waals surface area contributed by atoms with Crippen LogP contribution >= 0.6 is 0 Å². The van der Waals surface area contributed by atoms with Crippen molar-refractivity contribution >= 4 is 22.5 Å². The number of hydrogen-bond donors (Lipinski definition) is 2. The normalized spacial score (nSPS) is 11.2. The predicted molar refractivity (Wildman–Crippen MR) is 82.1 cm³/mol. The molecule has 3 aromatic rings. The van der Waals surface area contributed by atoms with Crippen LogP contribution in [0.1, 0.15) is 29.5 Å². The number of nitrogen functional groups attached to an aromatic ring is 1. The molecule has 0 atom stereocenters. The van der Waals surface area contributed by atoms with Gasteiger partial charge in [-0.1, -0.05) is 6.92 Å². The molecule has 0 fully saturated rings. The smallest absolute Gasteiger partial charge is 0.165 e. The standard InChI is InChI=1S/C15H17N5O/c1-4-11(21)13-12-9(16)5-6-17-15(12)19-14(13)10-7-20(3)8(2)18-10/h5-7H,4H2,1-3H3,(H3,16,17,19). The van der Waals surface area contributed by atoms with E-state index in [1.807, 2.05) is 31.7 Å². The SMILES string of the molecule is CCC(=O)c1c(-c2cn(C)c(C)n2)[nH]c2nccc(N)c12. The molecule has 0 aliphatic carbocycles. The van der Waals surface area contributed by atoms with E-state index >= 15 is 0 Å². The summed E-state index contributed by atoms with van der Waals surface area (Å²) in [6, 6.07) is 1.70. The van der Waals surface area contributed by atoms with Crippen LogP contribution in [0.4, 0.5) is 5.69 Å². The van der Waals surface area contributed by atoms with Gasteiger partial charge in [0.05, 0.1) is 16.6 Å². The lowest BCUT2D eigenvalue weighted by molar-refractivity contribution is 0.0990. The quantitative estimate of drug-likeness (QED) is 0.722. The molecule has 0 bridgehead atoms. The number of nitrogens with zero attached hydrogens (tertiary/aromatic N) is 3. The van der Waals surface area contributed by atoms with Crippen molar-refractivity contribution in [2.75, 3.05) is 5.73 Å². The van der Waals surface area contributed by atoms with E-state index in [0.717, 1.165) is 11.5 Å². The Morgan fingerprint density at radius 2 is 2.24 bits per heavy atom. The number of anilines is 1. The minimum atomic E-state index is 0.0271. The average molecular weight is 283 g/mol. The van der Waals surface area contributed by atoms with E-state index in [-0.39, 0.29) is 5.78 Å². The summed E-state index contributed by atoms with van der Waals surface area (Å²) in [6.07, 6.45) is 3.92. The number of aryl methyl sites for hydroxylation is 2. The first kappa shape index (κ1) is 13.4. The van der Waals surface area contributed by atoms with Gasteiger partial charge in [-0.3, -0.25) is 4.79 Å². The molecule has 6 nitrogen and oxygen atoms in total. The summed E-state index contributed by atoms with van der Waals surface area (Å²) >= 11 is 0. The maximum Gasteiger partial charge on any atom is 0.165 e. The number of H-pyrrole nitrogens is 1. The monoisotopic (exact) mass is 283 g/mol. The first-order chi connectivity index (χ1) is 10.0. The molecule has 0 unspecified atom stereocenters. The highest BCUT2D eigenvalue weighted by Crippen LogP contribution is 2.33. The second-order valence-corrected chi connectivity index (χ2v) is 5.06. The number of ketones is 1. The third kappa shape index (κ3) is 1.99. The number of rotatable bonds is 3. The fourth-order valence-electron chi connectivity index (χ4n) is 2.47. The molecule has 0 aliphatic heterocycles. The number of nitrogens with two attached hydrogens (primary N) is 1. The number of hydrogen-bond acceptors (Lipinski definition) is 4. The Labute approximate surface area is 122 Å². The Morgan fingerprint density at radius 3 is 2.86 bits per heavy atom. The zero-order valence-electron chi connectivity index (χ0n) is 12.3. The number of imidazole rings is 1. The van der Waals surface area contributed by atoms with Crippen LogP contribution in [0.15, 0.2) is 18.5 Å². The maximum absolute atomic E-state index is 12.4. The lowest BCUT2D eigenvalue weighted by atomic mass is 10.0. The highest BCUT2D eigenvalue weighted by atomic mass is 16.1. The van der Waals surface area contributed by atoms with Crippen molar-refractivity contribution in [1.29, 1.82) is 0 Å². The van der Waals surface area contributed by atoms with E-state index in [1.54, 1.807) is 12.3 Å². The molecular weight excluding hydrogens is 266 g/mol. The lowest BCUT2D eigenvalue weighted by Gasteiger charge is -2.01. The Hall–Kier alpha value is -2.63. The molecule has 0 spiro atoms. The van der Waals surface area contributed by atoms with Gasteiger partial charge >= 0.3 is 0 Å². The molecule has 0 aromatic carbocycles. The zero-order valence-corrected chi connectivity index (χ0v) is 12.3. The van der Waals surface area contributed by atoms with Crippen molar-refractivity contribution in [2.45, 2.75) is 20.3 Å².